The summed E-state index contributed by atoms with van der Waals surface area (Å²) in [6, 6.07) is 6.42. The number of hydrogen-bond acceptors (Lipinski definition) is 4. The lowest BCUT2D eigenvalue weighted by molar-refractivity contribution is -0.122. The number of halogens is 1. The van der Waals surface area contributed by atoms with Crippen molar-refractivity contribution in [2.75, 3.05) is 6.54 Å². The largest absolute Gasteiger partial charge is 0.355 e. The average molecular weight is 322 g/mol. The van der Waals surface area contributed by atoms with Gasteiger partial charge in [0.1, 0.15) is 6.04 Å². The van der Waals surface area contributed by atoms with Crippen molar-refractivity contribution in [3.8, 4) is 5.69 Å². The van der Waals surface area contributed by atoms with E-state index in [0.717, 1.165) is 0 Å². The second kappa shape index (κ2) is 7.04. The SMILES string of the molecule is CCNC(=O)[C@@H](C)NC(=O)c1cn(-c2ccccc2Cl)nn1. The highest BCUT2D eigenvalue weighted by molar-refractivity contribution is 6.32. The number of aromatic nitrogens is 3. The molecule has 2 aromatic rings. The Labute approximate surface area is 132 Å². The molecule has 22 heavy (non-hydrogen) atoms. The molecule has 1 atom stereocenters. The normalized spacial score (nSPS) is 11.8. The van der Waals surface area contributed by atoms with E-state index in [4.69, 9.17) is 11.6 Å². The van der Waals surface area contributed by atoms with Gasteiger partial charge in [0.05, 0.1) is 16.9 Å². The Hall–Kier alpha value is -2.41. The number of nitrogens with zero attached hydrogens (tertiary/aromatic N) is 3. The molecule has 1 aromatic heterocycles. The van der Waals surface area contributed by atoms with Gasteiger partial charge < -0.3 is 10.6 Å². The Morgan fingerprint density at radius 2 is 2.09 bits per heavy atom. The summed E-state index contributed by atoms with van der Waals surface area (Å²) in [6.45, 7) is 3.91. The number of carbonyl (C=O) groups is 2. The molecule has 0 saturated heterocycles. The number of para-hydroxylation sites is 1. The summed E-state index contributed by atoms with van der Waals surface area (Å²) >= 11 is 6.07. The fourth-order valence-electron chi connectivity index (χ4n) is 1.79. The fraction of sp³-hybridized carbons (Fsp3) is 0.286. The van der Waals surface area contributed by atoms with Gasteiger partial charge in [-0.15, -0.1) is 5.10 Å². The van der Waals surface area contributed by atoms with Crippen molar-refractivity contribution in [3.63, 3.8) is 0 Å². The van der Waals surface area contributed by atoms with Crippen molar-refractivity contribution < 1.29 is 9.59 Å². The van der Waals surface area contributed by atoms with Crippen LogP contribution in [0.15, 0.2) is 30.5 Å². The third kappa shape index (κ3) is 3.62. The topological polar surface area (TPSA) is 88.9 Å². The molecule has 0 fully saturated rings. The van der Waals surface area contributed by atoms with E-state index in [9.17, 15) is 9.59 Å². The molecule has 2 amide bonds. The molecule has 0 spiro atoms. The van der Waals surface area contributed by atoms with Gasteiger partial charge in [0.25, 0.3) is 5.91 Å². The van der Waals surface area contributed by atoms with E-state index >= 15 is 0 Å². The zero-order chi connectivity index (χ0) is 16.1. The predicted octanol–water partition coefficient (Wildman–Crippen LogP) is 1.18. The van der Waals surface area contributed by atoms with Crippen molar-refractivity contribution in [1.29, 1.82) is 0 Å². The van der Waals surface area contributed by atoms with E-state index < -0.39 is 11.9 Å². The number of benzene rings is 1. The first kappa shape index (κ1) is 16.0. The molecule has 0 saturated carbocycles. The molecule has 0 aliphatic carbocycles. The smallest absolute Gasteiger partial charge is 0.274 e. The molecule has 116 valence electrons. The van der Waals surface area contributed by atoms with E-state index in [2.05, 4.69) is 20.9 Å². The maximum absolute atomic E-state index is 12.1. The molecule has 2 N–H and O–H groups in total. The van der Waals surface area contributed by atoms with Crippen LogP contribution in [0.4, 0.5) is 0 Å². The van der Waals surface area contributed by atoms with Gasteiger partial charge in [0, 0.05) is 6.54 Å². The molecular formula is C14H16ClN5O2. The molecule has 2 rings (SSSR count). The highest BCUT2D eigenvalue weighted by Gasteiger charge is 2.18. The van der Waals surface area contributed by atoms with Crippen LogP contribution in [0.3, 0.4) is 0 Å². The molecule has 8 heteroatoms. The summed E-state index contributed by atoms with van der Waals surface area (Å²) in [7, 11) is 0. The number of hydrogen-bond donors (Lipinski definition) is 2. The maximum Gasteiger partial charge on any atom is 0.274 e. The number of nitrogens with one attached hydrogen (secondary N) is 2. The van der Waals surface area contributed by atoms with Gasteiger partial charge in [-0.1, -0.05) is 28.9 Å². The second-order valence-electron chi connectivity index (χ2n) is 4.59. The van der Waals surface area contributed by atoms with Gasteiger partial charge in [-0.05, 0) is 26.0 Å². The molecule has 0 bridgehead atoms. The van der Waals surface area contributed by atoms with Crippen molar-refractivity contribution in [3.05, 3.63) is 41.2 Å². The fourth-order valence-corrected chi connectivity index (χ4v) is 2.01. The molecule has 0 radical (unpaired) electrons. The van der Waals surface area contributed by atoms with Crippen LogP contribution in [0.1, 0.15) is 24.3 Å². The van der Waals surface area contributed by atoms with E-state index in [1.807, 2.05) is 6.92 Å². The third-order valence-electron chi connectivity index (χ3n) is 2.92. The molecule has 0 unspecified atom stereocenters. The molecule has 7 nitrogen and oxygen atoms in total. The highest BCUT2D eigenvalue weighted by Crippen LogP contribution is 2.18. The molecular weight excluding hydrogens is 306 g/mol. The van der Waals surface area contributed by atoms with Crippen LogP contribution in [0.2, 0.25) is 5.02 Å². The van der Waals surface area contributed by atoms with Crippen molar-refractivity contribution >= 4 is 23.4 Å². The Morgan fingerprint density at radius 3 is 2.77 bits per heavy atom. The lowest BCUT2D eigenvalue weighted by Gasteiger charge is -2.11. The Morgan fingerprint density at radius 1 is 1.36 bits per heavy atom. The Kier molecular flexibility index (Phi) is 5.11. The third-order valence-corrected chi connectivity index (χ3v) is 3.24. The average Bonchev–Trinajstić information content (AvgIpc) is 2.97. The van der Waals surface area contributed by atoms with Crippen LogP contribution >= 0.6 is 11.6 Å². The van der Waals surface area contributed by atoms with Crippen LogP contribution in [0.25, 0.3) is 5.69 Å². The zero-order valence-corrected chi connectivity index (χ0v) is 13.0. The summed E-state index contributed by atoms with van der Waals surface area (Å²) in [5, 5.41) is 13.4. The lowest BCUT2D eigenvalue weighted by atomic mass is 10.3. The van der Waals surface area contributed by atoms with Crippen molar-refractivity contribution in [1.82, 2.24) is 25.6 Å². The van der Waals surface area contributed by atoms with Crippen LogP contribution in [-0.2, 0) is 4.79 Å². The minimum absolute atomic E-state index is 0.107. The van der Waals surface area contributed by atoms with Crippen LogP contribution in [0.5, 0.6) is 0 Å². The van der Waals surface area contributed by atoms with E-state index in [1.54, 1.807) is 31.2 Å². The molecule has 0 aliphatic heterocycles. The quantitative estimate of drug-likeness (QED) is 0.865. The molecule has 1 heterocycles. The van der Waals surface area contributed by atoms with Gasteiger partial charge in [0.15, 0.2) is 5.69 Å². The maximum atomic E-state index is 12.1. The summed E-state index contributed by atoms with van der Waals surface area (Å²) in [5.41, 5.74) is 0.726. The van der Waals surface area contributed by atoms with Crippen LogP contribution in [0, 0.1) is 0 Å². The van der Waals surface area contributed by atoms with Crippen LogP contribution < -0.4 is 10.6 Å². The first-order valence-electron chi connectivity index (χ1n) is 6.78. The number of rotatable bonds is 5. The Bertz CT molecular complexity index is 685. The summed E-state index contributed by atoms with van der Waals surface area (Å²) in [5.74, 6) is -0.730. The predicted molar refractivity (Wildman–Crippen MR) is 82.0 cm³/mol. The minimum Gasteiger partial charge on any atom is -0.355 e. The van der Waals surface area contributed by atoms with E-state index in [-0.39, 0.29) is 11.6 Å². The van der Waals surface area contributed by atoms with E-state index in [0.29, 0.717) is 17.3 Å². The monoisotopic (exact) mass is 321 g/mol. The summed E-state index contributed by atoms with van der Waals surface area (Å²) in [4.78, 5) is 23.7. The first-order valence-corrected chi connectivity index (χ1v) is 7.16. The summed E-state index contributed by atoms with van der Waals surface area (Å²) < 4.78 is 1.41. The van der Waals surface area contributed by atoms with Gasteiger partial charge in [-0.25, -0.2) is 4.68 Å². The lowest BCUT2D eigenvalue weighted by Crippen LogP contribution is -2.44. The van der Waals surface area contributed by atoms with Crippen molar-refractivity contribution in [2.24, 2.45) is 0 Å². The van der Waals surface area contributed by atoms with Gasteiger partial charge in [0.2, 0.25) is 5.91 Å². The first-order chi connectivity index (χ1) is 10.5. The van der Waals surface area contributed by atoms with E-state index in [1.165, 1.54) is 10.9 Å². The van der Waals surface area contributed by atoms with Crippen LogP contribution in [-0.4, -0.2) is 39.4 Å². The van der Waals surface area contributed by atoms with Gasteiger partial charge >= 0.3 is 0 Å². The standard InChI is InChI=1S/C14H16ClN5O2/c1-3-16-13(21)9(2)17-14(22)11-8-20(19-18-11)12-7-5-4-6-10(12)15/h4-9H,3H2,1-2H3,(H,16,21)(H,17,22)/t9-/m1/s1. The minimum atomic E-state index is -0.655. The molecule has 1 aromatic carbocycles. The summed E-state index contributed by atoms with van der Waals surface area (Å²) in [6.07, 6.45) is 1.46. The Balaban J connectivity index is 2.10. The van der Waals surface area contributed by atoms with Gasteiger partial charge in [-0.2, -0.15) is 0 Å². The zero-order valence-electron chi connectivity index (χ0n) is 12.2. The van der Waals surface area contributed by atoms with Crippen molar-refractivity contribution in [2.45, 2.75) is 19.9 Å². The number of likely N-dealkylation sites (N-methyl/N-ethyl adjacent to an activating group) is 1. The van der Waals surface area contributed by atoms with Gasteiger partial charge in [-0.3, -0.25) is 9.59 Å². The number of carbonyl (C=O) groups excluding carboxylic acids is 2. The number of amides is 2. The highest BCUT2D eigenvalue weighted by atomic mass is 35.5. The second-order valence-corrected chi connectivity index (χ2v) is 5.00. The molecule has 0 aliphatic rings.